The number of para-hydroxylation sites is 1. The maximum Gasteiger partial charge on any atom is 0.136 e. The number of benzene rings is 9. The summed E-state index contributed by atoms with van der Waals surface area (Å²) in [5.74, 6) is 0. The van der Waals surface area contributed by atoms with Crippen molar-refractivity contribution in [2.24, 2.45) is 0 Å². The molecule has 244 valence electrons. The summed E-state index contributed by atoms with van der Waals surface area (Å²) in [4.78, 5) is 2.39. The number of nitrogens with zero attached hydrogens (tertiary/aromatic N) is 1. The molecule has 0 aliphatic heterocycles. The van der Waals surface area contributed by atoms with E-state index >= 15 is 0 Å². The van der Waals surface area contributed by atoms with Crippen LogP contribution in [0.1, 0.15) is 0 Å². The fraction of sp³-hybridized carbons (Fsp3) is 0. The van der Waals surface area contributed by atoms with Crippen molar-refractivity contribution in [3.8, 4) is 33.4 Å². The van der Waals surface area contributed by atoms with Crippen molar-refractivity contribution >= 4 is 60.5 Å². The average Bonchev–Trinajstić information content (AvgIpc) is 3.58. The smallest absolute Gasteiger partial charge is 0.136 e. The second kappa shape index (κ2) is 12.5. The molecule has 0 unspecified atom stereocenters. The van der Waals surface area contributed by atoms with Gasteiger partial charge in [-0.1, -0.05) is 146 Å². The molecule has 0 amide bonds. The Morgan fingerprint density at radius 3 is 1.63 bits per heavy atom. The normalized spacial score (nSPS) is 11.5. The average molecular weight is 664 g/mol. The molecule has 9 aromatic carbocycles. The van der Waals surface area contributed by atoms with E-state index in [9.17, 15) is 0 Å². The van der Waals surface area contributed by atoms with Crippen LogP contribution in [0.3, 0.4) is 0 Å². The predicted molar refractivity (Wildman–Crippen MR) is 220 cm³/mol. The van der Waals surface area contributed by atoms with Crippen molar-refractivity contribution in [2.45, 2.75) is 0 Å². The maximum atomic E-state index is 6.23. The molecule has 0 bridgehead atoms. The lowest BCUT2D eigenvalue weighted by Crippen LogP contribution is -2.10. The lowest BCUT2D eigenvalue weighted by molar-refractivity contribution is 0.669. The molecule has 10 aromatic rings. The molecule has 2 nitrogen and oxygen atoms in total. The Hall–Kier alpha value is -6.90. The highest BCUT2D eigenvalue weighted by Gasteiger charge is 2.17. The molecule has 0 fully saturated rings. The van der Waals surface area contributed by atoms with Gasteiger partial charge in [0, 0.05) is 27.8 Å². The molecule has 1 heterocycles. The van der Waals surface area contributed by atoms with Crippen molar-refractivity contribution in [3.63, 3.8) is 0 Å². The lowest BCUT2D eigenvalue weighted by Gasteiger charge is -2.27. The van der Waals surface area contributed by atoms with Gasteiger partial charge in [-0.25, -0.2) is 0 Å². The molecule has 0 atom stereocenters. The zero-order valence-corrected chi connectivity index (χ0v) is 28.4. The van der Waals surface area contributed by atoms with Gasteiger partial charge >= 0.3 is 0 Å². The summed E-state index contributed by atoms with van der Waals surface area (Å²) in [5.41, 5.74) is 12.3. The topological polar surface area (TPSA) is 16.4 Å². The highest BCUT2D eigenvalue weighted by Crippen LogP contribution is 2.42. The van der Waals surface area contributed by atoms with E-state index in [1.54, 1.807) is 0 Å². The van der Waals surface area contributed by atoms with Gasteiger partial charge in [-0.05, 0) is 110 Å². The van der Waals surface area contributed by atoms with Crippen LogP contribution in [0.25, 0.3) is 76.9 Å². The van der Waals surface area contributed by atoms with Crippen LogP contribution in [0.4, 0.5) is 17.1 Å². The molecule has 0 aliphatic carbocycles. The Morgan fingerprint density at radius 1 is 0.288 bits per heavy atom. The summed E-state index contributed by atoms with van der Waals surface area (Å²) >= 11 is 0. The maximum absolute atomic E-state index is 6.23. The molecular weight excluding hydrogens is 631 g/mol. The molecule has 0 N–H and O–H groups in total. The highest BCUT2D eigenvalue weighted by atomic mass is 16.3. The number of hydrogen-bond acceptors (Lipinski definition) is 2. The van der Waals surface area contributed by atoms with E-state index in [1.165, 1.54) is 54.9 Å². The second-order valence-electron chi connectivity index (χ2n) is 13.4. The van der Waals surface area contributed by atoms with Crippen molar-refractivity contribution in [1.29, 1.82) is 0 Å². The fourth-order valence-corrected chi connectivity index (χ4v) is 7.73. The van der Waals surface area contributed by atoms with Crippen LogP contribution in [0, 0.1) is 0 Å². The molecule has 0 saturated heterocycles. The van der Waals surface area contributed by atoms with Gasteiger partial charge in [-0.15, -0.1) is 0 Å². The Kier molecular flexibility index (Phi) is 7.18. The van der Waals surface area contributed by atoms with Crippen molar-refractivity contribution in [1.82, 2.24) is 0 Å². The molecule has 2 heteroatoms. The van der Waals surface area contributed by atoms with Gasteiger partial charge in [0.05, 0.1) is 0 Å². The van der Waals surface area contributed by atoms with Gasteiger partial charge in [0.25, 0.3) is 0 Å². The largest absolute Gasteiger partial charge is 0.456 e. The third-order valence-electron chi connectivity index (χ3n) is 10.2. The first-order valence-corrected chi connectivity index (χ1v) is 17.8. The van der Waals surface area contributed by atoms with Crippen LogP contribution in [0.15, 0.2) is 205 Å². The van der Waals surface area contributed by atoms with E-state index in [2.05, 4.69) is 193 Å². The van der Waals surface area contributed by atoms with Gasteiger partial charge in [0.15, 0.2) is 0 Å². The second-order valence-corrected chi connectivity index (χ2v) is 13.4. The van der Waals surface area contributed by atoms with Crippen molar-refractivity contribution in [3.05, 3.63) is 200 Å². The number of anilines is 3. The Bertz CT molecular complexity index is 2910. The van der Waals surface area contributed by atoms with Crippen LogP contribution in [-0.2, 0) is 0 Å². The molecule has 0 radical (unpaired) electrons. The van der Waals surface area contributed by atoms with Gasteiger partial charge in [-0.2, -0.15) is 0 Å². The summed E-state index contributed by atoms with van der Waals surface area (Å²) in [7, 11) is 0. The van der Waals surface area contributed by atoms with Gasteiger partial charge < -0.3 is 9.32 Å². The number of rotatable bonds is 6. The molecule has 52 heavy (non-hydrogen) atoms. The van der Waals surface area contributed by atoms with E-state index in [4.69, 9.17) is 4.42 Å². The molecule has 10 rings (SSSR count). The summed E-state index contributed by atoms with van der Waals surface area (Å²) in [6.07, 6.45) is 0. The van der Waals surface area contributed by atoms with Crippen LogP contribution >= 0.6 is 0 Å². The SMILES string of the molecule is c1ccc(-c2cccc(N(c3cccc(-c4ccccc4-c4ccccc4)c3)c3ccc4c(ccc5cc6oc7ccccc7c6cc54)c3)c2)cc1. The van der Waals surface area contributed by atoms with E-state index in [1.807, 2.05) is 12.1 Å². The minimum atomic E-state index is 0.918. The summed E-state index contributed by atoms with van der Waals surface area (Å²) < 4.78 is 6.23. The monoisotopic (exact) mass is 663 g/mol. The van der Waals surface area contributed by atoms with Crippen molar-refractivity contribution < 1.29 is 4.42 Å². The van der Waals surface area contributed by atoms with Crippen LogP contribution < -0.4 is 4.90 Å². The quantitative estimate of drug-likeness (QED) is 0.165. The Labute approximate surface area is 302 Å². The minimum Gasteiger partial charge on any atom is -0.456 e. The standard InChI is InChI=1S/C50H33NO/c1-3-13-34(14-4-1)36-17-11-19-40(29-36)51(41-20-12-18-37(30-41)44-22-8-7-21-43(44)35-15-5-2-6-16-35)42-27-28-45-38(31-42)25-26-39-32-50-48(33-47(39)45)46-23-9-10-24-49(46)52-50/h1-33H. The molecule has 0 aliphatic rings. The van der Waals surface area contributed by atoms with E-state index in [0.29, 0.717) is 0 Å². The van der Waals surface area contributed by atoms with E-state index in [-0.39, 0.29) is 0 Å². The first-order chi connectivity index (χ1) is 25.8. The number of furan rings is 1. The summed E-state index contributed by atoms with van der Waals surface area (Å²) in [5, 5.41) is 7.09. The third kappa shape index (κ3) is 5.21. The molecule has 1 aromatic heterocycles. The summed E-state index contributed by atoms with van der Waals surface area (Å²) in [6.45, 7) is 0. The Balaban J connectivity index is 1.15. The molecular formula is C50H33NO. The predicted octanol–water partition coefficient (Wildman–Crippen LogP) is 14.4. The summed E-state index contributed by atoms with van der Waals surface area (Å²) in [6, 6.07) is 71.8. The van der Waals surface area contributed by atoms with Gasteiger partial charge in [0.2, 0.25) is 0 Å². The first-order valence-electron chi connectivity index (χ1n) is 17.8. The Morgan fingerprint density at radius 2 is 0.865 bits per heavy atom. The third-order valence-corrected chi connectivity index (χ3v) is 10.2. The number of hydrogen-bond donors (Lipinski definition) is 0. The number of fused-ring (bicyclic) bond motifs is 6. The molecule has 0 spiro atoms. The van der Waals surface area contributed by atoms with Gasteiger partial charge in [-0.3, -0.25) is 0 Å². The van der Waals surface area contributed by atoms with Crippen LogP contribution in [-0.4, -0.2) is 0 Å². The fourth-order valence-electron chi connectivity index (χ4n) is 7.73. The zero-order chi connectivity index (χ0) is 34.4. The van der Waals surface area contributed by atoms with E-state index in [0.717, 1.165) is 39.0 Å². The molecule has 0 saturated carbocycles. The zero-order valence-electron chi connectivity index (χ0n) is 28.4. The lowest BCUT2D eigenvalue weighted by atomic mass is 9.94. The van der Waals surface area contributed by atoms with Crippen LogP contribution in [0.2, 0.25) is 0 Å². The van der Waals surface area contributed by atoms with Gasteiger partial charge in [0.1, 0.15) is 11.2 Å². The first kappa shape index (κ1) is 30.0. The van der Waals surface area contributed by atoms with E-state index < -0.39 is 0 Å². The highest BCUT2D eigenvalue weighted by molar-refractivity contribution is 6.16. The van der Waals surface area contributed by atoms with Crippen molar-refractivity contribution in [2.75, 3.05) is 4.90 Å². The van der Waals surface area contributed by atoms with Crippen LogP contribution in [0.5, 0.6) is 0 Å². The minimum absolute atomic E-state index is 0.918.